The standard InChI is InChI=1S/C18H18O5/c1-21-13-23-16-9-7-15(8-10-18(19)20)17(11-16)22-12-14-5-3-2-4-6-14/h2-11H,12-13H2,1H3,(H,19,20). The SMILES string of the molecule is COCOc1ccc(C=CC(=O)O)c(OCc2ccccc2)c1. The maximum absolute atomic E-state index is 10.7. The molecule has 0 saturated carbocycles. The van der Waals surface area contributed by atoms with E-state index in [0.717, 1.165) is 11.6 Å². The van der Waals surface area contributed by atoms with Gasteiger partial charge in [-0.2, -0.15) is 0 Å². The molecule has 0 amide bonds. The third-order valence-corrected chi connectivity index (χ3v) is 2.97. The Bertz CT molecular complexity index is 664. The van der Waals surface area contributed by atoms with Gasteiger partial charge in [0.1, 0.15) is 18.1 Å². The molecule has 1 N–H and O–H groups in total. The van der Waals surface area contributed by atoms with E-state index in [9.17, 15) is 4.79 Å². The summed E-state index contributed by atoms with van der Waals surface area (Å²) in [5.41, 5.74) is 1.68. The highest BCUT2D eigenvalue weighted by atomic mass is 16.7. The van der Waals surface area contributed by atoms with E-state index in [-0.39, 0.29) is 6.79 Å². The molecule has 0 aliphatic carbocycles. The minimum atomic E-state index is -1.02. The van der Waals surface area contributed by atoms with Crippen LogP contribution in [0.4, 0.5) is 0 Å². The van der Waals surface area contributed by atoms with E-state index in [1.807, 2.05) is 30.3 Å². The topological polar surface area (TPSA) is 65.0 Å². The molecule has 0 fully saturated rings. The summed E-state index contributed by atoms with van der Waals surface area (Å²) in [6, 6.07) is 14.9. The van der Waals surface area contributed by atoms with E-state index < -0.39 is 5.97 Å². The monoisotopic (exact) mass is 314 g/mol. The lowest BCUT2D eigenvalue weighted by molar-refractivity contribution is -0.131. The zero-order valence-electron chi connectivity index (χ0n) is 12.8. The molecule has 0 bridgehead atoms. The maximum atomic E-state index is 10.7. The van der Waals surface area contributed by atoms with E-state index in [4.69, 9.17) is 19.3 Å². The van der Waals surface area contributed by atoms with Crippen LogP contribution in [0.1, 0.15) is 11.1 Å². The number of carboxylic acid groups (broad SMARTS) is 1. The Morgan fingerprint density at radius 3 is 2.61 bits per heavy atom. The molecule has 0 unspecified atom stereocenters. The van der Waals surface area contributed by atoms with Crippen molar-refractivity contribution in [3.63, 3.8) is 0 Å². The number of carbonyl (C=O) groups is 1. The Morgan fingerprint density at radius 2 is 1.91 bits per heavy atom. The second-order valence-corrected chi connectivity index (χ2v) is 4.70. The quantitative estimate of drug-likeness (QED) is 0.598. The summed E-state index contributed by atoms with van der Waals surface area (Å²) in [5, 5.41) is 8.78. The zero-order chi connectivity index (χ0) is 16.5. The van der Waals surface area contributed by atoms with Crippen LogP contribution in [0.2, 0.25) is 0 Å². The average Bonchev–Trinajstić information content (AvgIpc) is 2.57. The zero-order valence-corrected chi connectivity index (χ0v) is 12.8. The normalized spacial score (nSPS) is 10.7. The van der Waals surface area contributed by atoms with Gasteiger partial charge in [0.25, 0.3) is 0 Å². The molecule has 0 radical (unpaired) electrons. The van der Waals surface area contributed by atoms with Crippen molar-refractivity contribution < 1.29 is 24.1 Å². The van der Waals surface area contributed by atoms with Crippen molar-refractivity contribution in [2.45, 2.75) is 6.61 Å². The van der Waals surface area contributed by atoms with Crippen LogP contribution >= 0.6 is 0 Å². The molecule has 0 aliphatic heterocycles. The first kappa shape index (κ1) is 16.6. The molecule has 0 aromatic heterocycles. The second kappa shape index (κ2) is 8.60. The summed E-state index contributed by atoms with van der Waals surface area (Å²) >= 11 is 0. The number of aliphatic carboxylic acids is 1. The van der Waals surface area contributed by atoms with Crippen molar-refractivity contribution >= 4 is 12.0 Å². The lowest BCUT2D eigenvalue weighted by atomic mass is 10.1. The highest BCUT2D eigenvalue weighted by Crippen LogP contribution is 2.27. The van der Waals surface area contributed by atoms with Gasteiger partial charge in [0, 0.05) is 24.8 Å². The highest BCUT2D eigenvalue weighted by Gasteiger charge is 2.05. The Labute approximate surface area is 134 Å². The molecule has 120 valence electrons. The number of hydrogen-bond donors (Lipinski definition) is 1. The van der Waals surface area contributed by atoms with Crippen LogP contribution in [-0.4, -0.2) is 25.0 Å². The fourth-order valence-corrected chi connectivity index (χ4v) is 1.89. The summed E-state index contributed by atoms with van der Waals surface area (Å²) in [5.74, 6) is 0.112. The van der Waals surface area contributed by atoms with Gasteiger partial charge in [0.2, 0.25) is 0 Å². The maximum Gasteiger partial charge on any atom is 0.328 e. The summed E-state index contributed by atoms with van der Waals surface area (Å²) in [6.45, 7) is 0.505. The minimum Gasteiger partial charge on any atom is -0.488 e. The molecule has 5 nitrogen and oxygen atoms in total. The third-order valence-electron chi connectivity index (χ3n) is 2.97. The molecule has 23 heavy (non-hydrogen) atoms. The van der Waals surface area contributed by atoms with Gasteiger partial charge in [-0.25, -0.2) is 4.79 Å². The number of ether oxygens (including phenoxy) is 3. The number of methoxy groups -OCH3 is 1. The van der Waals surface area contributed by atoms with Crippen molar-refractivity contribution in [3.05, 3.63) is 65.7 Å². The van der Waals surface area contributed by atoms with Gasteiger partial charge in [0.15, 0.2) is 6.79 Å². The summed E-state index contributed by atoms with van der Waals surface area (Å²) in [6.07, 6.45) is 2.56. The van der Waals surface area contributed by atoms with E-state index in [0.29, 0.717) is 23.7 Å². The summed E-state index contributed by atoms with van der Waals surface area (Å²) in [7, 11) is 1.54. The molecule has 2 aromatic rings. The van der Waals surface area contributed by atoms with Crippen LogP contribution in [0, 0.1) is 0 Å². The van der Waals surface area contributed by atoms with Gasteiger partial charge in [-0.15, -0.1) is 0 Å². The van der Waals surface area contributed by atoms with Crippen molar-refractivity contribution in [2.75, 3.05) is 13.9 Å². The van der Waals surface area contributed by atoms with Crippen molar-refractivity contribution in [1.82, 2.24) is 0 Å². The molecule has 0 heterocycles. The first-order valence-electron chi connectivity index (χ1n) is 7.02. The van der Waals surface area contributed by atoms with Crippen molar-refractivity contribution in [2.24, 2.45) is 0 Å². The minimum absolute atomic E-state index is 0.127. The van der Waals surface area contributed by atoms with Crippen LogP contribution in [0.15, 0.2) is 54.6 Å². The largest absolute Gasteiger partial charge is 0.488 e. The molecule has 0 saturated heterocycles. The highest BCUT2D eigenvalue weighted by molar-refractivity contribution is 5.86. The predicted octanol–water partition coefficient (Wildman–Crippen LogP) is 3.35. The second-order valence-electron chi connectivity index (χ2n) is 4.70. The number of hydrogen-bond acceptors (Lipinski definition) is 4. The average molecular weight is 314 g/mol. The fourth-order valence-electron chi connectivity index (χ4n) is 1.89. The molecular formula is C18H18O5. The first-order valence-corrected chi connectivity index (χ1v) is 7.02. The van der Waals surface area contributed by atoms with Gasteiger partial charge >= 0.3 is 5.97 Å². The summed E-state index contributed by atoms with van der Waals surface area (Å²) < 4.78 is 16.1. The van der Waals surface area contributed by atoms with Crippen molar-refractivity contribution in [3.8, 4) is 11.5 Å². The molecule has 2 rings (SSSR count). The lowest BCUT2D eigenvalue weighted by Gasteiger charge is -2.12. The van der Waals surface area contributed by atoms with Gasteiger partial charge in [-0.05, 0) is 23.8 Å². The Hall–Kier alpha value is -2.79. The van der Waals surface area contributed by atoms with Crippen LogP contribution in [0.3, 0.4) is 0 Å². The van der Waals surface area contributed by atoms with Crippen molar-refractivity contribution in [1.29, 1.82) is 0 Å². The molecule has 5 heteroatoms. The van der Waals surface area contributed by atoms with Gasteiger partial charge < -0.3 is 19.3 Å². The van der Waals surface area contributed by atoms with Crippen LogP contribution in [0.5, 0.6) is 11.5 Å². The van der Waals surface area contributed by atoms with Crippen LogP contribution < -0.4 is 9.47 Å². The van der Waals surface area contributed by atoms with Gasteiger partial charge in [-0.1, -0.05) is 30.3 Å². The van der Waals surface area contributed by atoms with Crippen LogP contribution in [-0.2, 0) is 16.1 Å². The number of rotatable bonds is 8. The lowest BCUT2D eigenvalue weighted by Crippen LogP contribution is -2.01. The van der Waals surface area contributed by atoms with Gasteiger partial charge in [-0.3, -0.25) is 0 Å². The number of benzene rings is 2. The van der Waals surface area contributed by atoms with Gasteiger partial charge in [0.05, 0.1) is 0 Å². The Morgan fingerprint density at radius 1 is 1.13 bits per heavy atom. The molecule has 0 aliphatic rings. The van der Waals surface area contributed by atoms with Crippen LogP contribution in [0.25, 0.3) is 6.08 Å². The summed E-state index contributed by atoms with van der Waals surface area (Å²) in [4.78, 5) is 10.7. The smallest absolute Gasteiger partial charge is 0.328 e. The predicted molar refractivity (Wildman–Crippen MR) is 86.4 cm³/mol. The fraction of sp³-hybridized carbons (Fsp3) is 0.167. The van der Waals surface area contributed by atoms with E-state index in [2.05, 4.69) is 0 Å². The van der Waals surface area contributed by atoms with E-state index >= 15 is 0 Å². The molecular weight excluding hydrogens is 296 g/mol. The number of carboxylic acids is 1. The van der Waals surface area contributed by atoms with E-state index in [1.54, 1.807) is 18.2 Å². The van der Waals surface area contributed by atoms with E-state index in [1.165, 1.54) is 13.2 Å². The third kappa shape index (κ3) is 5.48. The molecule has 0 spiro atoms. The first-order chi connectivity index (χ1) is 11.2. The molecule has 2 aromatic carbocycles. The molecule has 0 atom stereocenters. The Balaban J connectivity index is 2.18. The Kier molecular flexibility index (Phi) is 6.20.